The summed E-state index contributed by atoms with van der Waals surface area (Å²) >= 11 is 0. The van der Waals surface area contributed by atoms with E-state index in [2.05, 4.69) is 15.4 Å². The summed E-state index contributed by atoms with van der Waals surface area (Å²) < 4.78 is 6.68. The smallest absolute Gasteiger partial charge is 0.339 e. The molecule has 2 rings (SSSR count). The van der Waals surface area contributed by atoms with Crippen molar-refractivity contribution in [2.75, 3.05) is 0 Å². The van der Waals surface area contributed by atoms with Gasteiger partial charge in [-0.05, 0) is 6.07 Å². The summed E-state index contributed by atoms with van der Waals surface area (Å²) in [5.41, 5.74) is 0.173. The summed E-state index contributed by atoms with van der Waals surface area (Å²) in [4.78, 5) is 14.8. The van der Waals surface area contributed by atoms with E-state index < -0.39 is 5.97 Å². The number of carboxylic acids is 1. The fourth-order valence-corrected chi connectivity index (χ4v) is 1.42. The van der Waals surface area contributed by atoms with Crippen molar-refractivity contribution in [3.63, 3.8) is 0 Å². The van der Waals surface area contributed by atoms with E-state index >= 15 is 0 Å². The van der Waals surface area contributed by atoms with Crippen LogP contribution in [0.5, 0.6) is 0 Å². The van der Waals surface area contributed by atoms with Crippen LogP contribution in [0, 0.1) is 0 Å². The van der Waals surface area contributed by atoms with Gasteiger partial charge in [-0.1, -0.05) is 0 Å². The van der Waals surface area contributed by atoms with Gasteiger partial charge in [0.25, 0.3) is 0 Å². The monoisotopic (exact) mass is 236 g/mol. The molecule has 0 saturated heterocycles. The molecule has 90 valence electrons. The number of nitrogens with zero attached hydrogens (tertiary/aromatic N) is 3. The first kappa shape index (κ1) is 11.3. The van der Waals surface area contributed by atoms with Crippen LogP contribution >= 0.6 is 0 Å². The minimum absolute atomic E-state index is 0.173. The van der Waals surface area contributed by atoms with E-state index in [0.717, 1.165) is 0 Å². The van der Waals surface area contributed by atoms with Gasteiger partial charge in [0.2, 0.25) is 0 Å². The molecule has 2 N–H and O–H groups in total. The Hall–Kier alpha value is -2.15. The van der Waals surface area contributed by atoms with Crippen LogP contribution in [0.25, 0.3) is 0 Å². The Kier molecular flexibility index (Phi) is 3.20. The van der Waals surface area contributed by atoms with E-state index in [9.17, 15) is 4.79 Å². The van der Waals surface area contributed by atoms with Gasteiger partial charge in [0.05, 0.1) is 19.4 Å². The average Bonchev–Trinajstić information content (AvgIpc) is 2.87. The molecular weight excluding hydrogens is 224 g/mol. The molecule has 2 heterocycles. The number of carboxylic acid groups (broad SMARTS) is 1. The molecule has 0 fully saturated rings. The van der Waals surface area contributed by atoms with Gasteiger partial charge in [-0.3, -0.25) is 4.68 Å². The topological polar surface area (TPSA) is 93.2 Å². The Bertz CT molecular complexity index is 517. The number of carbonyl (C=O) groups is 1. The number of hydrogen-bond donors (Lipinski definition) is 2. The van der Waals surface area contributed by atoms with Gasteiger partial charge in [-0.25, -0.2) is 9.78 Å². The van der Waals surface area contributed by atoms with Crippen LogP contribution < -0.4 is 5.32 Å². The van der Waals surface area contributed by atoms with Gasteiger partial charge < -0.3 is 14.8 Å². The molecule has 17 heavy (non-hydrogen) atoms. The molecule has 0 aromatic carbocycles. The first-order valence-corrected chi connectivity index (χ1v) is 5.01. The first-order valence-electron chi connectivity index (χ1n) is 5.01. The molecule has 0 aliphatic heterocycles. The van der Waals surface area contributed by atoms with E-state index in [1.54, 1.807) is 18.1 Å². The quantitative estimate of drug-likeness (QED) is 0.780. The standard InChI is InChI=1S/C10H12N4O3/c1-14-6-12-9(13-14)5-11-4-8-7(10(15)16)2-3-17-8/h2-3,6,11H,4-5H2,1H3,(H,15,16). The zero-order chi connectivity index (χ0) is 12.3. The predicted octanol–water partition coefficient (Wildman–Crippen LogP) is 0.396. The van der Waals surface area contributed by atoms with Crippen LogP contribution in [0.15, 0.2) is 23.1 Å². The Morgan fingerprint density at radius 1 is 1.59 bits per heavy atom. The lowest BCUT2D eigenvalue weighted by atomic mass is 10.2. The Labute approximate surface area is 97.1 Å². The van der Waals surface area contributed by atoms with Crippen LogP contribution in [-0.2, 0) is 20.1 Å². The van der Waals surface area contributed by atoms with Crippen molar-refractivity contribution >= 4 is 5.97 Å². The third-order valence-electron chi connectivity index (χ3n) is 2.19. The molecule has 0 spiro atoms. The number of hydrogen-bond acceptors (Lipinski definition) is 5. The van der Waals surface area contributed by atoms with Crippen molar-refractivity contribution in [2.24, 2.45) is 7.05 Å². The molecule has 2 aromatic rings. The number of aromatic carboxylic acids is 1. The van der Waals surface area contributed by atoms with Crippen molar-refractivity contribution in [3.8, 4) is 0 Å². The minimum Gasteiger partial charge on any atom is -0.478 e. The van der Waals surface area contributed by atoms with Crippen molar-refractivity contribution < 1.29 is 14.3 Å². The molecule has 0 unspecified atom stereocenters. The van der Waals surface area contributed by atoms with Crippen molar-refractivity contribution in [2.45, 2.75) is 13.1 Å². The van der Waals surface area contributed by atoms with Crippen LogP contribution in [0.2, 0.25) is 0 Å². The maximum atomic E-state index is 10.8. The normalized spacial score (nSPS) is 10.6. The zero-order valence-corrected chi connectivity index (χ0v) is 9.25. The highest BCUT2D eigenvalue weighted by atomic mass is 16.4. The second kappa shape index (κ2) is 4.79. The lowest BCUT2D eigenvalue weighted by Gasteiger charge is -2.00. The molecule has 0 saturated carbocycles. The molecule has 0 amide bonds. The molecule has 7 heteroatoms. The van der Waals surface area contributed by atoms with Crippen molar-refractivity contribution in [3.05, 3.63) is 35.8 Å². The Balaban J connectivity index is 1.90. The molecule has 0 aliphatic carbocycles. The summed E-state index contributed by atoms with van der Waals surface area (Å²) in [6, 6.07) is 1.43. The van der Waals surface area contributed by atoms with E-state index in [0.29, 0.717) is 24.7 Å². The van der Waals surface area contributed by atoms with Crippen LogP contribution in [0.3, 0.4) is 0 Å². The van der Waals surface area contributed by atoms with E-state index in [1.807, 2.05) is 0 Å². The minimum atomic E-state index is -0.994. The fraction of sp³-hybridized carbons (Fsp3) is 0.300. The third kappa shape index (κ3) is 2.70. The van der Waals surface area contributed by atoms with Gasteiger partial charge in [-0.15, -0.1) is 0 Å². The number of furan rings is 1. The Morgan fingerprint density at radius 2 is 2.41 bits per heavy atom. The molecule has 2 aromatic heterocycles. The number of aryl methyl sites for hydroxylation is 1. The highest BCUT2D eigenvalue weighted by Gasteiger charge is 2.12. The van der Waals surface area contributed by atoms with Gasteiger partial charge in [0.15, 0.2) is 5.82 Å². The molecule has 7 nitrogen and oxygen atoms in total. The molecular formula is C10H12N4O3. The number of nitrogens with one attached hydrogen (secondary N) is 1. The second-order valence-electron chi connectivity index (χ2n) is 3.50. The SMILES string of the molecule is Cn1cnc(CNCc2occc2C(=O)O)n1. The summed E-state index contributed by atoms with van der Waals surface area (Å²) in [7, 11) is 1.78. The van der Waals surface area contributed by atoms with Crippen LogP contribution in [0.1, 0.15) is 21.9 Å². The van der Waals surface area contributed by atoms with E-state index in [1.165, 1.54) is 12.3 Å². The molecule has 0 bridgehead atoms. The van der Waals surface area contributed by atoms with Gasteiger partial charge in [-0.2, -0.15) is 5.10 Å². The van der Waals surface area contributed by atoms with E-state index in [4.69, 9.17) is 9.52 Å². The highest BCUT2D eigenvalue weighted by molar-refractivity contribution is 5.88. The maximum absolute atomic E-state index is 10.8. The van der Waals surface area contributed by atoms with Gasteiger partial charge >= 0.3 is 5.97 Å². The van der Waals surface area contributed by atoms with Crippen molar-refractivity contribution in [1.29, 1.82) is 0 Å². The third-order valence-corrected chi connectivity index (χ3v) is 2.19. The van der Waals surface area contributed by atoms with E-state index in [-0.39, 0.29) is 5.56 Å². The second-order valence-corrected chi connectivity index (χ2v) is 3.50. The average molecular weight is 236 g/mol. The molecule has 0 atom stereocenters. The van der Waals surface area contributed by atoms with Gasteiger partial charge in [0.1, 0.15) is 17.7 Å². The zero-order valence-electron chi connectivity index (χ0n) is 9.25. The summed E-state index contributed by atoms with van der Waals surface area (Å²) in [6.45, 7) is 0.785. The van der Waals surface area contributed by atoms with Gasteiger partial charge in [0, 0.05) is 7.05 Å². The number of aromatic nitrogens is 3. The summed E-state index contributed by atoms with van der Waals surface area (Å²) in [5, 5.41) is 16.0. The highest BCUT2D eigenvalue weighted by Crippen LogP contribution is 2.10. The lowest BCUT2D eigenvalue weighted by Crippen LogP contribution is -2.15. The van der Waals surface area contributed by atoms with Crippen LogP contribution in [-0.4, -0.2) is 25.8 Å². The molecule has 0 aliphatic rings. The first-order chi connectivity index (χ1) is 8.16. The lowest BCUT2D eigenvalue weighted by molar-refractivity contribution is 0.0694. The van der Waals surface area contributed by atoms with Crippen molar-refractivity contribution in [1.82, 2.24) is 20.1 Å². The fourth-order valence-electron chi connectivity index (χ4n) is 1.42. The Morgan fingerprint density at radius 3 is 3.06 bits per heavy atom. The van der Waals surface area contributed by atoms with Crippen LogP contribution in [0.4, 0.5) is 0 Å². The predicted molar refractivity (Wildman–Crippen MR) is 57.2 cm³/mol. The largest absolute Gasteiger partial charge is 0.478 e. The summed E-state index contributed by atoms with van der Waals surface area (Å²) in [5.74, 6) is 0.0517. The maximum Gasteiger partial charge on any atom is 0.339 e. The summed E-state index contributed by atoms with van der Waals surface area (Å²) in [6.07, 6.45) is 2.96. The molecule has 0 radical (unpaired) electrons. The number of rotatable bonds is 5.